The first-order valence-electron chi connectivity index (χ1n) is 9.72. The highest BCUT2D eigenvalue weighted by Gasteiger charge is 2.33. The second kappa shape index (κ2) is 8.75. The molecule has 2 aromatic rings. The number of hydrogen-bond donors (Lipinski definition) is 0. The molecule has 0 fully saturated rings. The van der Waals surface area contributed by atoms with Crippen LogP contribution in [-0.2, 0) is 16.2 Å². The topological polar surface area (TPSA) is 38.8 Å². The van der Waals surface area contributed by atoms with Crippen LogP contribution in [0.3, 0.4) is 0 Å². The second-order valence-corrected chi connectivity index (χ2v) is 14.0. The standard InChI is InChI=1S/C23H29NO3Si/c1-18-21(17-28(2,3)4)15-24(27-22(18)20-13-9-6-10-14-20)23(25)26-16-19-11-7-5-8-12-19/h5-14,22H,15-17H2,1-4H3. The molecule has 28 heavy (non-hydrogen) atoms. The van der Waals surface area contributed by atoms with Crippen LogP contribution in [0, 0.1) is 0 Å². The lowest BCUT2D eigenvalue weighted by atomic mass is 9.97. The van der Waals surface area contributed by atoms with Gasteiger partial charge in [0.25, 0.3) is 0 Å². The summed E-state index contributed by atoms with van der Waals surface area (Å²) in [5, 5.41) is 1.39. The zero-order chi connectivity index (χ0) is 20.1. The third-order valence-electron chi connectivity index (χ3n) is 4.77. The van der Waals surface area contributed by atoms with Crippen molar-refractivity contribution < 1.29 is 14.4 Å². The Hall–Kier alpha value is -2.37. The van der Waals surface area contributed by atoms with Gasteiger partial charge in [0.05, 0.1) is 6.54 Å². The number of hydroxylamine groups is 2. The van der Waals surface area contributed by atoms with Gasteiger partial charge in [-0.1, -0.05) is 80.3 Å². The van der Waals surface area contributed by atoms with E-state index in [0.717, 1.165) is 17.2 Å². The van der Waals surface area contributed by atoms with Crippen molar-refractivity contribution in [1.82, 2.24) is 5.06 Å². The molecule has 0 bridgehead atoms. The molecule has 1 aliphatic rings. The Morgan fingerprint density at radius 3 is 2.29 bits per heavy atom. The van der Waals surface area contributed by atoms with E-state index in [1.807, 2.05) is 60.7 Å². The van der Waals surface area contributed by atoms with Crippen LogP contribution >= 0.6 is 0 Å². The summed E-state index contributed by atoms with van der Waals surface area (Å²) < 4.78 is 5.52. The molecule has 2 aromatic carbocycles. The molecule has 1 atom stereocenters. The summed E-state index contributed by atoms with van der Waals surface area (Å²) in [5.41, 5.74) is 4.51. The predicted octanol–water partition coefficient (Wildman–Crippen LogP) is 5.97. The second-order valence-electron chi connectivity index (χ2n) is 8.50. The maximum Gasteiger partial charge on any atom is 0.434 e. The van der Waals surface area contributed by atoms with Crippen LogP contribution < -0.4 is 0 Å². The van der Waals surface area contributed by atoms with E-state index in [2.05, 4.69) is 26.6 Å². The average Bonchev–Trinajstić information content (AvgIpc) is 2.68. The number of hydrogen-bond acceptors (Lipinski definition) is 3. The highest BCUT2D eigenvalue weighted by Crippen LogP contribution is 2.36. The SMILES string of the molecule is CC1=C(C[Si](C)(C)C)CN(C(=O)OCc2ccccc2)OC1c1ccccc1. The van der Waals surface area contributed by atoms with E-state index in [1.165, 1.54) is 16.2 Å². The highest BCUT2D eigenvalue weighted by molar-refractivity contribution is 6.76. The van der Waals surface area contributed by atoms with E-state index in [9.17, 15) is 4.79 Å². The molecular formula is C23H29NO3Si. The van der Waals surface area contributed by atoms with Gasteiger partial charge in [0, 0.05) is 8.07 Å². The minimum Gasteiger partial charge on any atom is -0.443 e. The Morgan fingerprint density at radius 2 is 1.68 bits per heavy atom. The molecule has 0 saturated carbocycles. The summed E-state index contributed by atoms with van der Waals surface area (Å²) in [5.74, 6) is 0. The maximum absolute atomic E-state index is 12.7. The van der Waals surface area contributed by atoms with Gasteiger partial charge in [-0.15, -0.1) is 0 Å². The summed E-state index contributed by atoms with van der Waals surface area (Å²) in [7, 11) is -1.34. The van der Waals surface area contributed by atoms with Crippen LogP contribution in [0.5, 0.6) is 0 Å². The lowest BCUT2D eigenvalue weighted by molar-refractivity contribution is -0.170. The molecule has 1 aliphatic heterocycles. The molecule has 4 nitrogen and oxygen atoms in total. The van der Waals surface area contributed by atoms with Crippen molar-refractivity contribution in [3.8, 4) is 0 Å². The minimum absolute atomic E-state index is 0.238. The van der Waals surface area contributed by atoms with Crippen LogP contribution in [0.15, 0.2) is 71.8 Å². The minimum atomic E-state index is -1.34. The van der Waals surface area contributed by atoms with Gasteiger partial charge in [-0.05, 0) is 35.2 Å². The van der Waals surface area contributed by atoms with Crippen molar-refractivity contribution in [2.75, 3.05) is 6.54 Å². The third-order valence-corrected chi connectivity index (χ3v) is 6.26. The average molecular weight is 396 g/mol. The molecule has 3 rings (SSSR count). The van der Waals surface area contributed by atoms with Gasteiger partial charge in [0.15, 0.2) is 0 Å². The van der Waals surface area contributed by atoms with Crippen molar-refractivity contribution in [1.29, 1.82) is 0 Å². The van der Waals surface area contributed by atoms with E-state index in [4.69, 9.17) is 9.57 Å². The first-order valence-corrected chi connectivity index (χ1v) is 13.4. The predicted molar refractivity (Wildman–Crippen MR) is 114 cm³/mol. The van der Waals surface area contributed by atoms with Crippen molar-refractivity contribution in [2.45, 2.75) is 45.3 Å². The molecule has 0 N–H and O–H groups in total. The van der Waals surface area contributed by atoms with Crippen LogP contribution in [-0.4, -0.2) is 25.8 Å². The van der Waals surface area contributed by atoms with E-state index in [1.54, 1.807) is 0 Å². The molecule has 0 radical (unpaired) electrons. The highest BCUT2D eigenvalue weighted by atomic mass is 28.3. The van der Waals surface area contributed by atoms with Gasteiger partial charge in [-0.2, -0.15) is 5.06 Å². The molecule has 1 amide bonds. The van der Waals surface area contributed by atoms with E-state index < -0.39 is 14.2 Å². The summed E-state index contributed by atoms with van der Waals surface area (Å²) in [6.45, 7) is 9.86. The van der Waals surface area contributed by atoms with Crippen molar-refractivity contribution in [3.05, 3.63) is 82.9 Å². The van der Waals surface area contributed by atoms with Gasteiger partial charge >= 0.3 is 6.09 Å². The third kappa shape index (κ3) is 5.33. The lowest BCUT2D eigenvalue weighted by Crippen LogP contribution is -2.40. The number of ether oxygens (including phenoxy) is 1. The first kappa shape index (κ1) is 20.4. The normalized spacial score (nSPS) is 17.6. The van der Waals surface area contributed by atoms with Crippen LogP contribution in [0.4, 0.5) is 4.79 Å². The maximum atomic E-state index is 12.7. The lowest BCUT2D eigenvalue weighted by Gasteiger charge is -2.36. The molecular weight excluding hydrogens is 366 g/mol. The summed E-state index contributed by atoms with van der Waals surface area (Å²) >= 11 is 0. The molecule has 1 heterocycles. The quantitative estimate of drug-likeness (QED) is 0.463. The van der Waals surface area contributed by atoms with Gasteiger partial charge in [-0.3, -0.25) is 4.84 Å². The first-order chi connectivity index (χ1) is 13.3. The zero-order valence-electron chi connectivity index (χ0n) is 17.1. The van der Waals surface area contributed by atoms with E-state index in [-0.39, 0.29) is 12.7 Å². The molecule has 5 heteroatoms. The number of benzene rings is 2. The Kier molecular flexibility index (Phi) is 6.37. The Bertz CT molecular complexity index is 828. The summed E-state index contributed by atoms with van der Waals surface area (Å²) in [6, 6.07) is 20.8. The fraction of sp³-hybridized carbons (Fsp3) is 0.348. The molecule has 0 spiro atoms. The van der Waals surface area contributed by atoms with E-state index in [0.29, 0.717) is 6.54 Å². The van der Waals surface area contributed by atoms with Crippen molar-refractivity contribution >= 4 is 14.2 Å². The fourth-order valence-electron chi connectivity index (χ4n) is 3.40. The van der Waals surface area contributed by atoms with Crippen LogP contribution in [0.25, 0.3) is 0 Å². The molecule has 0 aliphatic carbocycles. The summed E-state index contributed by atoms with van der Waals surface area (Å²) in [6.07, 6.45) is -0.698. The van der Waals surface area contributed by atoms with Crippen molar-refractivity contribution in [2.24, 2.45) is 0 Å². The Balaban J connectivity index is 1.79. The van der Waals surface area contributed by atoms with Crippen LogP contribution in [0.1, 0.15) is 24.2 Å². The number of carbonyl (C=O) groups excluding carboxylic acids is 1. The Labute approximate surface area is 168 Å². The monoisotopic (exact) mass is 395 g/mol. The zero-order valence-corrected chi connectivity index (χ0v) is 18.1. The number of rotatable bonds is 5. The smallest absolute Gasteiger partial charge is 0.434 e. The van der Waals surface area contributed by atoms with Gasteiger partial charge in [0.2, 0.25) is 0 Å². The van der Waals surface area contributed by atoms with Gasteiger partial charge in [0.1, 0.15) is 12.7 Å². The molecule has 0 aromatic heterocycles. The number of amides is 1. The molecule has 148 valence electrons. The molecule has 0 saturated heterocycles. The van der Waals surface area contributed by atoms with E-state index >= 15 is 0 Å². The van der Waals surface area contributed by atoms with Gasteiger partial charge in [-0.25, -0.2) is 4.79 Å². The largest absolute Gasteiger partial charge is 0.443 e. The van der Waals surface area contributed by atoms with Gasteiger partial charge < -0.3 is 4.74 Å². The van der Waals surface area contributed by atoms with Crippen LogP contribution in [0.2, 0.25) is 25.7 Å². The summed E-state index contributed by atoms with van der Waals surface area (Å²) in [4.78, 5) is 18.8. The number of carbonyl (C=O) groups is 1. The Morgan fingerprint density at radius 1 is 1.07 bits per heavy atom. The fourth-order valence-corrected chi connectivity index (χ4v) is 5.07. The molecule has 1 unspecified atom stereocenters. The van der Waals surface area contributed by atoms with Crippen molar-refractivity contribution in [3.63, 3.8) is 0 Å². The number of nitrogens with zero attached hydrogens (tertiary/aromatic N) is 1.